The number of hydrogen-bond acceptors (Lipinski definition) is 3. The molecule has 4 nitrogen and oxygen atoms in total. The fourth-order valence-electron chi connectivity index (χ4n) is 2.62. The number of nitrogens with two attached hydrogens (primary N) is 1. The zero-order valence-electron chi connectivity index (χ0n) is 12.1. The molecule has 0 aliphatic heterocycles. The van der Waals surface area contributed by atoms with Crippen molar-refractivity contribution in [3.05, 3.63) is 59.7 Å². The molecule has 0 fully saturated rings. The van der Waals surface area contributed by atoms with Crippen LogP contribution in [0.5, 0.6) is 0 Å². The highest BCUT2D eigenvalue weighted by Crippen LogP contribution is 2.29. The van der Waals surface area contributed by atoms with Gasteiger partial charge in [0, 0.05) is 11.3 Å². The van der Waals surface area contributed by atoms with Gasteiger partial charge in [-0.05, 0) is 31.2 Å². The first-order valence-electron chi connectivity index (χ1n) is 7.01. The third kappa shape index (κ3) is 2.24. The van der Waals surface area contributed by atoms with Crippen LogP contribution in [0.3, 0.4) is 0 Å². The second-order valence-corrected chi connectivity index (χ2v) is 5.16. The van der Waals surface area contributed by atoms with E-state index in [9.17, 15) is 4.39 Å². The van der Waals surface area contributed by atoms with Gasteiger partial charge >= 0.3 is 0 Å². The van der Waals surface area contributed by atoms with E-state index in [0.29, 0.717) is 22.4 Å². The zero-order chi connectivity index (χ0) is 15.7. The van der Waals surface area contributed by atoms with Crippen molar-refractivity contribution in [3.63, 3.8) is 0 Å². The van der Waals surface area contributed by atoms with Gasteiger partial charge in [-0.15, -0.1) is 0 Å². The molecule has 3 aromatic rings. The Kier molecular flexibility index (Phi) is 3.61. The minimum Gasteiger partial charge on any atom is -0.322 e. The number of aromatic nitrogens is 2. The van der Waals surface area contributed by atoms with Crippen molar-refractivity contribution in [2.45, 2.75) is 19.4 Å². The van der Waals surface area contributed by atoms with Crippen LogP contribution in [0.15, 0.2) is 42.5 Å². The van der Waals surface area contributed by atoms with Crippen molar-refractivity contribution in [2.24, 2.45) is 5.73 Å². The summed E-state index contributed by atoms with van der Waals surface area (Å²) in [4.78, 5) is 4.53. The smallest absolute Gasteiger partial charge is 0.131 e. The second kappa shape index (κ2) is 5.58. The number of imidazole rings is 1. The largest absolute Gasteiger partial charge is 0.322 e. The summed E-state index contributed by atoms with van der Waals surface area (Å²) in [6.07, 6.45) is -0.0138. The van der Waals surface area contributed by atoms with Crippen LogP contribution in [0.1, 0.15) is 24.4 Å². The van der Waals surface area contributed by atoms with Crippen molar-refractivity contribution in [1.82, 2.24) is 9.55 Å². The molecule has 0 radical (unpaired) electrons. The molecule has 0 spiro atoms. The average molecular weight is 294 g/mol. The van der Waals surface area contributed by atoms with E-state index in [1.54, 1.807) is 6.07 Å². The Balaban J connectivity index is 2.43. The van der Waals surface area contributed by atoms with Gasteiger partial charge in [-0.1, -0.05) is 18.2 Å². The van der Waals surface area contributed by atoms with Crippen LogP contribution in [-0.2, 0) is 6.42 Å². The average Bonchev–Trinajstić information content (AvgIpc) is 2.91. The standard InChI is InChI=1S/C17H15FN4/c1-11(20)17-21-15-8-7-14(18)13(9-10-19)16(15)22(17)12-5-3-2-4-6-12/h2-8,11H,9,20H2,1H3/t11-/m0/s1. The Hall–Kier alpha value is -2.71. The summed E-state index contributed by atoms with van der Waals surface area (Å²) in [6, 6.07) is 14.2. The van der Waals surface area contributed by atoms with E-state index in [1.807, 2.05) is 47.9 Å². The molecule has 3 rings (SSSR count). The molecular formula is C17H15FN4. The van der Waals surface area contributed by atoms with Gasteiger partial charge in [-0.3, -0.25) is 4.57 Å². The lowest BCUT2D eigenvalue weighted by Crippen LogP contribution is -2.13. The molecule has 0 unspecified atom stereocenters. The van der Waals surface area contributed by atoms with Crippen LogP contribution in [0.4, 0.5) is 4.39 Å². The van der Waals surface area contributed by atoms with Crippen LogP contribution in [0.25, 0.3) is 16.7 Å². The lowest BCUT2D eigenvalue weighted by molar-refractivity contribution is 0.617. The first-order chi connectivity index (χ1) is 10.6. The van der Waals surface area contributed by atoms with Crippen LogP contribution in [-0.4, -0.2) is 9.55 Å². The normalized spacial score (nSPS) is 12.3. The molecule has 110 valence electrons. The van der Waals surface area contributed by atoms with E-state index >= 15 is 0 Å². The molecule has 0 bridgehead atoms. The van der Waals surface area contributed by atoms with E-state index in [-0.39, 0.29) is 12.5 Å². The lowest BCUT2D eigenvalue weighted by Gasteiger charge is -2.13. The number of benzene rings is 2. The van der Waals surface area contributed by atoms with E-state index in [4.69, 9.17) is 11.0 Å². The molecule has 1 atom stereocenters. The molecular weight excluding hydrogens is 279 g/mol. The number of rotatable bonds is 3. The van der Waals surface area contributed by atoms with Crippen LogP contribution >= 0.6 is 0 Å². The van der Waals surface area contributed by atoms with Crippen molar-refractivity contribution < 1.29 is 4.39 Å². The summed E-state index contributed by atoms with van der Waals surface area (Å²) in [5.41, 5.74) is 8.49. The predicted octanol–water partition coefficient (Wildman–Crippen LogP) is 3.25. The Bertz CT molecular complexity index is 860. The topological polar surface area (TPSA) is 67.6 Å². The minimum absolute atomic E-state index is 0.0138. The molecule has 0 aliphatic rings. The predicted molar refractivity (Wildman–Crippen MR) is 82.9 cm³/mol. The molecule has 1 aromatic heterocycles. The molecule has 1 heterocycles. The van der Waals surface area contributed by atoms with Crippen molar-refractivity contribution >= 4 is 11.0 Å². The minimum atomic E-state index is -0.401. The first-order valence-corrected chi connectivity index (χ1v) is 7.01. The van der Waals surface area contributed by atoms with E-state index in [1.165, 1.54) is 6.07 Å². The van der Waals surface area contributed by atoms with Gasteiger partial charge in [0.05, 0.1) is 29.6 Å². The summed E-state index contributed by atoms with van der Waals surface area (Å²) in [6.45, 7) is 1.83. The Morgan fingerprint density at radius 3 is 2.64 bits per heavy atom. The van der Waals surface area contributed by atoms with E-state index in [2.05, 4.69) is 4.98 Å². The van der Waals surface area contributed by atoms with Crippen LogP contribution < -0.4 is 5.73 Å². The van der Waals surface area contributed by atoms with Gasteiger partial charge in [-0.25, -0.2) is 9.37 Å². The Morgan fingerprint density at radius 2 is 2.00 bits per heavy atom. The lowest BCUT2D eigenvalue weighted by atomic mass is 10.1. The highest BCUT2D eigenvalue weighted by molar-refractivity contribution is 5.82. The second-order valence-electron chi connectivity index (χ2n) is 5.16. The maximum Gasteiger partial charge on any atom is 0.131 e. The molecule has 0 aliphatic carbocycles. The fraction of sp³-hybridized carbons (Fsp3) is 0.176. The van der Waals surface area contributed by atoms with Crippen LogP contribution in [0.2, 0.25) is 0 Å². The first kappa shape index (κ1) is 14.2. The van der Waals surface area contributed by atoms with Crippen molar-refractivity contribution in [2.75, 3.05) is 0 Å². The monoisotopic (exact) mass is 294 g/mol. The van der Waals surface area contributed by atoms with Crippen molar-refractivity contribution in [3.8, 4) is 11.8 Å². The maximum atomic E-state index is 14.2. The maximum absolute atomic E-state index is 14.2. The van der Waals surface area contributed by atoms with E-state index < -0.39 is 5.82 Å². The molecule has 2 aromatic carbocycles. The number of para-hydroxylation sites is 1. The number of hydrogen-bond donors (Lipinski definition) is 1. The van der Waals surface area contributed by atoms with Gasteiger partial charge in [0.25, 0.3) is 0 Å². The quantitative estimate of drug-likeness (QED) is 0.806. The highest BCUT2D eigenvalue weighted by atomic mass is 19.1. The Labute approximate surface area is 127 Å². The van der Waals surface area contributed by atoms with Gasteiger partial charge < -0.3 is 5.73 Å². The number of nitrogens with zero attached hydrogens (tertiary/aromatic N) is 3. The summed E-state index contributed by atoms with van der Waals surface area (Å²) >= 11 is 0. The van der Waals surface area contributed by atoms with Gasteiger partial charge in [0.2, 0.25) is 0 Å². The van der Waals surface area contributed by atoms with Crippen molar-refractivity contribution in [1.29, 1.82) is 5.26 Å². The van der Waals surface area contributed by atoms with Gasteiger partial charge in [0.1, 0.15) is 11.6 Å². The SMILES string of the molecule is C[C@H](N)c1nc2ccc(F)c(CC#N)c2n1-c1ccccc1. The van der Waals surface area contributed by atoms with Gasteiger partial charge in [-0.2, -0.15) is 5.26 Å². The summed E-state index contributed by atoms with van der Waals surface area (Å²) in [5, 5.41) is 9.01. The molecule has 0 saturated carbocycles. The number of fused-ring (bicyclic) bond motifs is 1. The fourth-order valence-corrected chi connectivity index (χ4v) is 2.62. The van der Waals surface area contributed by atoms with Gasteiger partial charge in [0.15, 0.2) is 0 Å². The molecule has 2 N–H and O–H groups in total. The summed E-state index contributed by atoms with van der Waals surface area (Å²) in [5.74, 6) is 0.244. The summed E-state index contributed by atoms with van der Waals surface area (Å²) in [7, 11) is 0. The number of halogens is 1. The third-order valence-corrected chi connectivity index (χ3v) is 3.57. The highest BCUT2D eigenvalue weighted by Gasteiger charge is 2.20. The van der Waals surface area contributed by atoms with Crippen LogP contribution in [0, 0.1) is 17.1 Å². The molecule has 22 heavy (non-hydrogen) atoms. The molecule has 5 heteroatoms. The van der Waals surface area contributed by atoms with E-state index in [0.717, 1.165) is 5.69 Å². The number of nitriles is 1. The molecule has 0 saturated heterocycles. The zero-order valence-corrected chi connectivity index (χ0v) is 12.1. The Morgan fingerprint density at radius 1 is 1.27 bits per heavy atom. The molecule has 0 amide bonds. The summed E-state index contributed by atoms with van der Waals surface area (Å²) < 4.78 is 16.0. The third-order valence-electron chi connectivity index (χ3n) is 3.57.